The SMILES string of the molecule is CN=C(NCCc1noc(-c2ccccn2)n1)NCc1ccc(C)cc1OCCOC. The third kappa shape index (κ3) is 6.78. The van der Waals surface area contributed by atoms with E-state index in [4.69, 9.17) is 14.0 Å². The lowest BCUT2D eigenvalue weighted by molar-refractivity contribution is 0.145. The van der Waals surface area contributed by atoms with Crippen LogP contribution in [0.25, 0.3) is 11.6 Å². The van der Waals surface area contributed by atoms with Crippen LogP contribution in [0, 0.1) is 6.92 Å². The fourth-order valence-corrected chi connectivity index (χ4v) is 2.82. The molecule has 0 aliphatic rings. The Hall–Kier alpha value is -3.46. The number of benzene rings is 1. The summed E-state index contributed by atoms with van der Waals surface area (Å²) < 4.78 is 16.2. The zero-order valence-corrected chi connectivity index (χ0v) is 18.1. The van der Waals surface area contributed by atoms with Gasteiger partial charge in [0.2, 0.25) is 0 Å². The van der Waals surface area contributed by atoms with Crippen LogP contribution in [0.2, 0.25) is 0 Å². The molecular formula is C22H28N6O3. The second-order valence-electron chi connectivity index (χ2n) is 6.79. The monoisotopic (exact) mass is 424 g/mol. The molecule has 0 aliphatic heterocycles. The van der Waals surface area contributed by atoms with Gasteiger partial charge in [0.25, 0.3) is 5.89 Å². The predicted octanol–water partition coefficient (Wildman–Crippen LogP) is 2.37. The van der Waals surface area contributed by atoms with Gasteiger partial charge in [0.15, 0.2) is 11.8 Å². The molecule has 0 unspecified atom stereocenters. The Balaban J connectivity index is 1.49. The summed E-state index contributed by atoms with van der Waals surface area (Å²) in [4.78, 5) is 12.9. The first kappa shape index (κ1) is 22.2. The Morgan fingerprint density at radius 1 is 1.16 bits per heavy atom. The van der Waals surface area contributed by atoms with E-state index in [9.17, 15) is 0 Å². The second-order valence-corrected chi connectivity index (χ2v) is 6.79. The molecule has 164 valence electrons. The minimum Gasteiger partial charge on any atom is -0.491 e. The molecule has 2 aromatic heterocycles. The first-order chi connectivity index (χ1) is 15.2. The van der Waals surface area contributed by atoms with Crippen LogP contribution in [0.3, 0.4) is 0 Å². The predicted molar refractivity (Wildman–Crippen MR) is 118 cm³/mol. The van der Waals surface area contributed by atoms with Gasteiger partial charge in [-0.15, -0.1) is 0 Å². The van der Waals surface area contributed by atoms with Gasteiger partial charge in [0.05, 0.1) is 6.61 Å². The number of hydrogen-bond donors (Lipinski definition) is 2. The highest BCUT2D eigenvalue weighted by molar-refractivity contribution is 5.79. The fourth-order valence-electron chi connectivity index (χ4n) is 2.82. The van der Waals surface area contributed by atoms with Crippen molar-refractivity contribution >= 4 is 5.96 Å². The molecule has 0 saturated carbocycles. The first-order valence-corrected chi connectivity index (χ1v) is 10.1. The number of ether oxygens (including phenoxy) is 2. The second kappa shape index (κ2) is 11.7. The highest BCUT2D eigenvalue weighted by Crippen LogP contribution is 2.20. The van der Waals surface area contributed by atoms with Crippen LogP contribution >= 0.6 is 0 Å². The van der Waals surface area contributed by atoms with Crippen molar-refractivity contribution in [2.24, 2.45) is 4.99 Å². The van der Waals surface area contributed by atoms with Crippen LogP contribution in [-0.2, 0) is 17.7 Å². The number of methoxy groups -OCH3 is 1. The van der Waals surface area contributed by atoms with E-state index in [0.29, 0.717) is 56.1 Å². The Labute approximate surface area is 181 Å². The summed E-state index contributed by atoms with van der Waals surface area (Å²) in [5.74, 6) is 2.54. The molecule has 0 aliphatic carbocycles. The number of aliphatic imine (C=N–C) groups is 1. The first-order valence-electron chi connectivity index (χ1n) is 10.1. The summed E-state index contributed by atoms with van der Waals surface area (Å²) in [6.07, 6.45) is 2.28. The van der Waals surface area contributed by atoms with Crippen LogP contribution in [0.1, 0.15) is 17.0 Å². The molecule has 0 atom stereocenters. The summed E-state index contributed by atoms with van der Waals surface area (Å²) >= 11 is 0. The van der Waals surface area contributed by atoms with Crippen LogP contribution in [0.5, 0.6) is 5.75 Å². The molecule has 3 rings (SSSR count). The fraction of sp³-hybridized carbons (Fsp3) is 0.364. The Bertz CT molecular complexity index is 974. The zero-order valence-electron chi connectivity index (χ0n) is 18.1. The van der Waals surface area contributed by atoms with E-state index in [2.05, 4.69) is 42.9 Å². The van der Waals surface area contributed by atoms with Crippen molar-refractivity contribution in [1.29, 1.82) is 0 Å². The van der Waals surface area contributed by atoms with Crippen molar-refractivity contribution in [3.05, 3.63) is 59.5 Å². The van der Waals surface area contributed by atoms with Crippen LogP contribution in [0.4, 0.5) is 0 Å². The van der Waals surface area contributed by atoms with E-state index < -0.39 is 0 Å². The molecule has 9 heteroatoms. The summed E-state index contributed by atoms with van der Waals surface area (Å²) in [6, 6.07) is 11.7. The topological polar surface area (TPSA) is 107 Å². The molecule has 2 N–H and O–H groups in total. The minimum atomic E-state index is 0.415. The molecule has 3 aromatic rings. The molecular weight excluding hydrogens is 396 g/mol. The van der Waals surface area contributed by atoms with Gasteiger partial charge in [-0.1, -0.05) is 23.4 Å². The standard InChI is InChI=1S/C22H28N6O3/c1-16-7-8-17(19(14-16)30-13-12-29-3)15-26-22(23-2)25-11-9-20-27-21(31-28-20)18-6-4-5-10-24-18/h4-8,10,14H,9,11-13,15H2,1-3H3,(H2,23,25,26). The van der Waals surface area contributed by atoms with Gasteiger partial charge in [-0.25, -0.2) is 0 Å². The van der Waals surface area contributed by atoms with Crippen molar-refractivity contribution in [1.82, 2.24) is 25.8 Å². The minimum absolute atomic E-state index is 0.415. The average Bonchev–Trinajstić information content (AvgIpc) is 3.27. The molecule has 2 heterocycles. The Morgan fingerprint density at radius 2 is 2.06 bits per heavy atom. The third-order valence-corrected chi connectivity index (χ3v) is 4.43. The lowest BCUT2D eigenvalue weighted by Gasteiger charge is -2.15. The lowest BCUT2D eigenvalue weighted by atomic mass is 10.1. The van der Waals surface area contributed by atoms with E-state index in [1.807, 2.05) is 31.2 Å². The summed E-state index contributed by atoms with van der Waals surface area (Å²) in [5.41, 5.74) is 2.85. The van der Waals surface area contributed by atoms with Crippen molar-refractivity contribution < 1.29 is 14.0 Å². The van der Waals surface area contributed by atoms with E-state index in [-0.39, 0.29) is 0 Å². The molecule has 0 spiro atoms. The van der Waals surface area contributed by atoms with Gasteiger partial charge in [0, 0.05) is 45.4 Å². The number of hydrogen-bond acceptors (Lipinski definition) is 7. The number of guanidine groups is 1. The number of pyridine rings is 1. The van der Waals surface area contributed by atoms with Gasteiger partial charge >= 0.3 is 0 Å². The van der Waals surface area contributed by atoms with E-state index in [1.54, 1.807) is 20.4 Å². The van der Waals surface area contributed by atoms with Crippen molar-refractivity contribution in [3.8, 4) is 17.3 Å². The molecule has 0 radical (unpaired) electrons. The van der Waals surface area contributed by atoms with Crippen molar-refractivity contribution in [3.63, 3.8) is 0 Å². The maximum atomic E-state index is 5.84. The summed E-state index contributed by atoms with van der Waals surface area (Å²) in [7, 11) is 3.39. The van der Waals surface area contributed by atoms with E-state index >= 15 is 0 Å². The number of aromatic nitrogens is 3. The number of nitrogens with one attached hydrogen (secondary N) is 2. The van der Waals surface area contributed by atoms with Gasteiger partial charge in [0.1, 0.15) is 18.1 Å². The molecule has 0 fully saturated rings. The largest absolute Gasteiger partial charge is 0.491 e. The molecule has 0 saturated heterocycles. The Morgan fingerprint density at radius 3 is 2.84 bits per heavy atom. The maximum Gasteiger partial charge on any atom is 0.276 e. The van der Waals surface area contributed by atoms with Gasteiger partial charge in [-0.05, 0) is 30.7 Å². The molecule has 0 amide bonds. The van der Waals surface area contributed by atoms with Gasteiger partial charge < -0.3 is 24.6 Å². The van der Waals surface area contributed by atoms with Crippen LogP contribution in [0.15, 0.2) is 52.1 Å². The average molecular weight is 425 g/mol. The number of aryl methyl sites for hydroxylation is 1. The summed E-state index contributed by atoms with van der Waals surface area (Å²) in [6.45, 7) is 4.27. The highest BCUT2D eigenvalue weighted by atomic mass is 16.5. The van der Waals surface area contributed by atoms with Gasteiger partial charge in [-0.2, -0.15) is 4.98 Å². The Kier molecular flexibility index (Phi) is 8.36. The highest BCUT2D eigenvalue weighted by Gasteiger charge is 2.10. The van der Waals surface area contributed by atoms with Gasteiger partial charge in [-0.3, -0.25) is 9.98 Å². The van der Waals surface area contributed by atoms with Crippen molar-refractivity contribution in [2.75, 3.05) is 33.9 Å². The molecule has 0 bridgehead atoms. The van der Waals surface area contributed by atoms with E-state index in [0.717, 1.165) is 16.9 Å². The van der Waals surface area contributed by atoms with Crippen molar-refractivity contribution in [2.45, 2.75) is 19.9 Å². The molecule has 9 nitrogen and oxygen atoms in total. The van der Waals surface area contributed by atoms with E-state index in [1.165, 1.54) is 0 Å². The normalized spacial score (nSPS) is 11.4. The lowest BCUT2D eigenvalue weighted by Crippen LogP contribution is -2.38. The van der Waals surface area contributed by atoms with Crippen LogP contribution in [-0.4, -0.2) is 55.0 Å². The third-order valence-electron chi connectivity index (χ3n) is 4.43. The summed E-state index contributed by atoms with van der Waals surface area (Å²) in [5, 5.41) is 10.6. The number of rotatable bonds is 10. The smallest absolute Gasteiger partial charge is 0.276 e. The van der Waals surface area contributed by atoms with Crippen LogP contribution < -0.4 is 15.4 Å². The quantitative estimate of drug-likeness (QED) is 0.290. The molecule has 1 aromatic carbocycles. The number of nitrogens with zero attached hydrogens (tertiary/aromatic N) is 4. The maximum absolute atomic E-state index is 5.84. The molecule has 31 heavy (non-hydrogen) atoms. The zero-order chi connectivity index (χ0) is 21.9.